The molecule has 1 rings (SSSR count). The van der Waals surface area contributed by atoms with Crippen LogP contribution in [0.15, 0.2) is 24.0 Å². The first-order valence-corrected chi connectivity index (χ1v) is 5.27. The van der Waals surface area contributed by atoms with Gasteiger partial charge in [0, 0.05) is 11.8 Å². The van der Waals surface area contributed by atoms with Crippen molar-refractivity contribution in [2.24, 2.45) is 11.8 Å². The van der Waals surface area contributed by atoms with Gasteiger partial charge < -0.3 is 9.84 Å². The molecule has 1 heterocycles. The highest BCUT2D eigenvalue weighted by atomic mass is 16.5. The van der Waals surface area contributed by atoms with Crippen molar-refractivity contribution in [3.8, 4) is 0 Å². The average Bonchev–Trinajstić information content (AvgIpc) is 2.57. The Bertz CT molecular complexity index is 243. The lowest BCUT2D eigenvalue weighted by Crippen LogP contribution is -2.20. The van der Waals surface area contributed by atoms with Crippen molar-refractivity contribution in [2.45, 2.75) is 33.3 Å². The van der Waals surface area contributed by atoms with E-state index in [2.05, 4.69) is 13.5 Å². The highest BCUT2D eigenvalue weighted by Crippen LogP contribution is 2.33. The first-order valence-electron chi connectivity index (χ1n) is 5.27. The minimum Gasteiger partial charge on any atom is -0.512 e. The quantitative estimate of drug-likeness (QED) is 0.555. The van der Waals surface area contributed by atoms with Crippen LogP contribution < -0.4 is 0 Å². The summed E-state index contributed by atoms with van der Waals surface area (Å²) in [4.78, 5) is 0. The van der Waals surface area contributed by atoms with Gasteiger partial charge in [0.25, 0.3) is 0 Å². The topological polar surface area (TPSA) is 29.5 Å². The smallest absolute Gasteiger partial charge is 0.0937 e. The Balaban J connectivity index is 2.68. The van der Waals surface area contributed by atoms with E-state index in [0.29, 0.717) is 11.7 Å². The van der Waals surface area contributed by atoms with E-state index in [1.807, 2.05) is 13.8 Å². The fraction of sp³-hybridized carbons (Fsp3) is 0.667. The van der Waals surface area contributed by atoms with Crippen LogP contribution in [0.3, 0.4) is 0 Å². The SMILES string of the molecule is C=C1C([C@@H](C)/C(O)=C\C)OC[C@H]1CC. The van der Waals surface area contributed by atoms with Crippen molar-refractivity contribution in [2.75, 3.05) is 6.61 Å². The second kappa shape index (κ2) is 4.65. The second-order valence-corrected chi connectivity index (χ2v) is 3.94. The van der Waals surface area contributed by atoms with Gasteiger partial charge in [-0.1, -0.05) is 20.4 Å². The zero-order chi connectivity index (χ0) is 10.7. The molecule has 0 saturated carbocycles. The molecule has 3 atom stereocenters. The van der Waals surface area contributed by atoms with Crippen LogP contribution >= 0.6 is 0 Å². The average molecular weight is 196 g/mol. The Hall–Kier alpha value is -0.760. The monoisotopic (exact) mass is 196 g/mol. The van der Waals surface area contributed by atoms with Gasteiger partial charge in [0.15, 0.2) is 0 Å². The molecule has 1 aliphatic heterocycles. The number of aliphatic hydroxyl groups excluding tert-OH is 1. The summed E-state index contributed by atoms with van der Waals surface area (Å²) in [5.74, 6) is 0.893. The molecule has 1 fully saturated rings. The van der Waals surface area contributed by atoms with Gasteiger partial charge in [0.2, 0.25) is 0 Å². The molecule has 14 heavy (non-hydrogen) atoms. The minimum atomic E-state index is -0.00356. The van der Waals surface area contributed by atoms with Crippen molar-refractivity contribution in [1.29, 1.82) is 0 Å². The number of aliphatic hydroxyl groups is 1. The van der Waals surface area contributed by atoms with Crippen LogP contribution in [0.5, 0.6) is 0 Å². The first-order chi connectivity index (χ1) is 6.61. The van der Waals surface area contributed by atoms with Crippen molar-refractivity contribution < 1.29 is 9.84 Å². The second-order valence-electron chi connectivity index (χ2n) is 3.94. The molecule has 80 valence electrons. The molecule has 0 bridgehead atoms. The summed E-state index contributed by atoms with van der Waals surface area (Å²) in [6, 6.07) is 0. The molecule has 0 amide bonds. The van der Waals surface area contributed by atoms with Crippen LogP contribution in [0, 0.1) is 11.8 Å². The van der Waals surface area contributed by atoms with E-state index in [4.69, 9.17) is 4.74 Å². The summed E-state index contributed by atoms with van der Waals surface area (Å²) in [5.41, 5.74) is 1.13. The highest BCUT2D eigenvalue weighted by molar-refractivity contribution is 5.17. The van der Waals surface area contributed by atoms with E-state index in [9.17, 15) is 5.11 Å². The number of rotatable bonds is 3. The third-order valence-corrected chi connectivity index (χ3v) is 3.08. The largest absolute Gasteiger partial charge is 0.512 e. The van der Waals surface area contributed by atoms with Gasteiger partial charge in [-0.15, -0.1) is 0 Å². The van der Waals surface area contributed by atoms with Gasteiger partial charge in [-0.05, 0) is 25.0 Å². The Morgan fingerprint density at radius 2 is 2.43 bits per heavy atom. The van der Waals surface area contributed by atoms with Crippen molar-refractivity contribution >= 4 is 0 Å². The zero-order valence-electron chi connectivity index (χ0n) is 9.29. The van der Waals surface area contributed by atoms with E-state index in [-0.39, 0.29) is 12.0 Å². The molecule has 0 spiro atoms. The summed E-state index contributed by atoms with van der Waals surface area (Å²) >= 11 is 0. The van der Waals surface area contributed by atoms with E-state index in [0.717, 1.165) is 18.6 Å². The molecule has 0 aromatic carbocycles. The molecule has 1 N–H and O–H groups in total. The maximum Gasteiger partial charge on any atom is 0.0937 e. The molecule has 1 aliphatic rings. The van der Waals surface area contributed by atoms with Crippen LogP contribution in [0.1, 0.15) is 27.2 Å². The molecule has 1 unspecified atom stereocenters. The molecule has 2 nitrogen and oxygen atoms in total. The maximum atomic E-state index is 9.60. The first kappa shape index (κ1) is 11.3. The van der Waals surface area contributed by atoms with Crippen LogP contribution in [-0.4, -0.2) is 17.8 Å². The molecular weight excluding hydrogens is 176 g/mol. The number of allylic oxidation sites excluding steroid dienone is 1. The lowest BCUT2D eigenvalue weighted by Gasteiger charge is -2.19. The third kappa shape index (κ3) is 2.01. The Kier molecular flexibility index (Phi) is 3.76. The van der Waals surface area contributed by atoms with Crippen molar-refractivity contribution in [3.05, 3.63) is 24.0 Å². The van der Waals surface area contributed by atoms with E-state index >= 15 is 0 Å². The van der Waals surface area contributed by atoms with Crippen LogP contribution in [-0.2, 0) is 4.74 Å². The lowest BCUT2D eigenvalue weighted by molar-refractivity contribution is 0.0757. The fourth-order valence-corrected chi connectivity index (χ4v) is 1.93. The predicted molar refractivity (Wildman–Crippen MR) is 58.2 cm³/mol. The lowest BCUT2D eigenvalue weighted by atomic mass is 9.90. The van der Waals surface area contributed by atoms with E-state index in [1.54, 1.807) is 6.08 Å². The summed E-state index contributed by atoms with van der Waals surface area (Å²) in [7, 11) is 0. The van der Waals surface area contributed by atoms with E-state index < -0.39 is 0 Å². The Morgan fingerprint density at radius 1 is 1.79 bits per heavy atom. The molecule has 2 heteroatoms. The summed E-state index contributed by atoms with van der Waals surface area (Å²) in [5, 5.41) is 9.60. The summed E-state index contributed by atoms with van der Waals surface area (Å²) in [6.07, 6.45) is 2.79. The predicted octanol–water partition coefficient (Wildman–Crippen LogP) is 3.07. The van der Waals surface area contributed by atoms with Crippen molar-refractivity contribution in [1.82, 2.24) is 0 Å². The van der Waals surface area contributed by atoms with Gasteiger partial charge in [-0.25, -0.2) is 0 Å². The zero-order valence-corrected chi connectivity index (χ0v) is 9.29. The van der Waals surface area contributed by atoms with Crippen LogP contribution in [0.4, 0.5) is 0 Å². The van der Waals surface area contributed by atoms with Crippen molar-refractivity contribution in [3.63, 3.8) is 0 Å². The third-order valence-electron chi connectivity index (χ3n) is 3.08. The minimum absolute atomic E-state index is 0.00356. The Morgan fingerprint density at radius 3 is 2.86 bits per heavy atom. The Labute approximate surface area is 86.3 Å². The number of hydrogen-bond acceptors (Lipinski definition) is 2. The normalized spacial score (nSPS) is 30.8. The number of hydrogen-bond donors (Lipinski definition) is 1. The molecule has 1 saturated heterocycles. The maximum absolute atomic E-state index is 9.60. The summed E-state index contributed by atoms with van der Waals surface area (Å²) < 4.78 is 5.65. The van der Waals surface area contributed by atoms with E-state index in [1.165, 1.54) is 0 Å². The molecule has 0 aromatic heterocycles. The van der Waals surface area contributed by atoms with Gasteiger partial charge in [0.1, 0.15) is 0 Å². The fourth-order valence-electron chi connectivity index (χ4n) is 1.93. The van der Waals surface area contributed by atoms with Gasteiger partial charge >= 0.3 is 0 Å². The molecule has 0 aliphatic carbocycles. The van der Waals surface area contributed by atoms with Gasteiger partial charge in [-0.2, -0.15) is 0 Å². The standard InChI is InChI=1S/C12H20O2/c1-5-10-7-14-12(8(10)3)9(4)11(13)6-2/h6,9-10,12-13H,3,5,7H2,1-2,4H3/b11-6+/t9-,10+,12?/m0/s1. The molecule has 0 radical (unpaired) electrons. The van der Waals surface area contributed by atoms with Crippen LogP contribution in [0.25, 0.3) is 0 Å². The molecular formula is C12H20O2. The summed E-state index contributed by atoms with van der Waals surface area (Å²) in [6.45, 7) is 10.8. The van der Waals surface area contributed by atoms with Gasteiger partial charge in [0.05, 0.1) is 18.5 Å². The number of ether oxygens (including phenoxy) is 1. The highest BCUT2D eigenvalue weighted by Gasteiger charge is 2.33. The molecule has 0 aromatic rings. The van der Waals surface area contributed by atoms with Crippen LogP contribution in [0.2, 0.25) is 0 Å². The van der Waals surface area contributed by atoms with Gasteiger partial charge in [-0.3, -0.25) is 0 Å².